The van der Waals surface area contributed by atoms with Crippen molar-refractivity contribution in [3.05, 3.63) is 0 Å². The van der Waals surface area contributed by atoms with Gasteiger partial charge in [0.1, 0.15) is 5.84 Å². The van der Waals surface area contributed by atoms with Crippen molar-refractivity contribution in [2.24, 2.45) is 10.4 Å². The molecule has 1 N–H and O–H groups in total. The summed E-state index contributed by atoms with van der Waals surface area (Å²) in [5.41, 5.74) is 0.271. The first kappa shape index (κ1) is 10.6. The van der Waals surface area contributed by atoms with Crippen LogP contribution >= 0.6 is 0 Å². The SMILES string of the molecule is CCCCN=C1NC(C)CC1(C)C. The molecule has 0 bridgehead atoms. The summed E-state index contributed by atoms with van der Waals surface area (Å²) in [7, 11) is 0. The highest BCUT2D eigenvalue weighted by atomic mass is 15.1. The number of unbranched alkanes of at least 4 members (excludes halogenated alkanes) is 1. The first-order valence-corrected chi connectivity index (χ1v) is 5.37. The molecule has 0 saturated carbocycles. The molecule has 0 aliphatic carbocycles. The molecule has 1 unspecified atom stereocenters. The zero-order chi connectivity index (χ0) is 9.90. The summed E-state index contributed by atoms with van der Waals surface area (Å²) in [6.45, 7) is 9.96. The normalized spacial score (nSPS) is 29.2. The number of rotatable bonds is 3. The standard InChI is InChI=1S/C11H22N2/c1-5-6-7-12-10-11(3,4)8-9(2)13-10/h9H,5-8H2,1-4H3,(H,12,13). The molecule has 1 aliphatic heterocycles. The van der Waals surface area contributed by atoms with E-state index in [0.717, 1.165) is 6.54 Å². The van der Waals surface area contributed by atoms with Crippen molar-refractivity contribution in [3.8, 4) is 0 Å². The summed E-state index contributed by atoms with van der Waals surface area (Å²) < 4.78 is 0. The molecule has 13 heavy (non-hydrogen) atoms. The zero-order valence-corrected chi connectivity index (χ0v) is 9.35. The van der Waals surface area contributed by atoms with Gasteiger partial charge in [-0.25, -0.2) is 0 Å². The van der Waals surface area contributed by atoms with Gasteiger partial charge in [0.2, 0.25) is 0 Å². The molecule has 76 valence electrons. The Morgan fingerprint density at radius 1 is 1.54 bits per heavy atom. The molecule has 1 fully saturated rings. The highest BCUT2D eigenvalue weighted by Gasteiger charge is 2.34. The van der Waals surface area contributed by atoms with Crippen molar-refractivity contribution in [2.75, 3.05) is 6.54 Å². The predicted molar refractivity (Wildman–Crippen MR) is 58.2 cm³/mol. The lowest BCUT2D eigenvalue weighted by Crippen LogP contribution is -2.28. The number of nitrogens with zero attached hydrogens (tertiary/aromatic N) is 1. The maximum absolute atomic E-state index is 4.62. The molecule has 1 heterocycles. The van der Waals surface area contributed by atoms with E-state index in [0.29, 0.717) is 6.04 Å². The van der Waals surface area contributed by atoms with Crippen LogP contribution in [0.1, 0.15) is 47.0 Å². The summed E-state index contributed by atoms with van der Waals surface area (Å²) in [5.74, 6) is 1.22. The van der Waals surface area contributed by atoms with E-state index in [1.165, 1.54) is 25.1 Å². The Hall–Kier alpha value is -0.530. The number of hydrogen-bond donors (Lipinski definition) is 1. The largest absolute Gasteiger partial charge is 0.371 e. The topological polar surface area (TPSA) is 24.4 Å². The molecule has 0 aromatic rings. The Kier molecular flexibility index (Phi) is 3.34. The number of hydrogen-bond acceptors (Lipinski definition) is 1. The molecule has 1 rings (SSSR count). The van der Waals surface area contributed by atoms with Gasteiger partial charge in [-0.15, -0.1) is 0 Å². The first-order valence-electron chi connectivity index (χ1n) is 5.37. The summed E-state index contributed by atoms with van der Waals surface area (Å²) in [6, 6.07) is 0.593. The molecule has 2 heteroatoms. The van der Waals surface area contributed by atoms with E-state index < -0.39 is 0 Å². The van der Waals surface area contributed by atoms with Crippen LogP contribution in [0.2, 0.25) is 0 Å². The van der Waals surface area contributed by atoms with Gasteiger partial charge in [-0.1, -0.05) is 27.2 Å². The second-order valence-electron chi connectivity index (χ2n) is 4.72. The van der Waals surface area contributed by atoms with Crippen LogP contribution in [0, 0.1) is 5.41 Å². The lowest BCUT2D eigenvalue weighted by Gasteiger charge is -2.16. The molecule has 0 amide bonds. The maximum atomic E-state index is 4.62. The van der Waals surface area contributed by atoms with Gasteiger partial charge in [0.05, 0.1) is 0 Å². The van der Waals surface area contributed by atoms with Crippen molar-refractivity contribution in [2.45, 2.75) is 53.0 Å². The van der Waals surface area contributed by atoms with Gasteiger partial charge in [0, 0.05) is 18.0 Å². The summed E-state index contributed by atoms with van der Waals surface area (Å²) in [6.07, 6.45) is 3.64. The Morgan fingerprint density at radius 2 is 2.23 bits per heavy atom. The fourth-order valence-corrected chi connectivity index (χ4v) is 1.95. The van der Waals surface area contributed by atoms with E-state index in [1.54, 1.807) is 0 Å². The molecular formula is C11H22N2. The summed E-state index contributed by atoms with van der Waals surface area (Å²) in [4.78, 5) is 4.62. The van der Waals surface area contributed by atoms with Gasteiger partial charge in [-0.05, 0) is 19.8 Å². The second kappa shape index (κ2) is 4.12. The molecule has 0 aromatic heterocycles. The van der Waals surface area contributed by atoms with Crippen LogP contribution < -0.4 is 5.32 Å². The van der Waals surface area contributed by atoms with Crippen molar-refractivity contribution in [1.82, 2.24) is 5.32 Å². The van der Waals surface area contributed by atoms with E-state index in [4.69, 9.17) is 0 Å². The molecule has 0 radical (unpaired) electrons. The quantitative estimate of drug-likeness (QED) is 0.667. The van der Waals surface area contributed by atoms with Crippen LogP contribution in [-0.4, -0.2) is 18.4 Å². The van der Waals surface area contributed by atoms with Crippen LogP contribution in [0.3, 0.4) is 0 Å². The number of nitrogens with one attached hydrogen (secondary N) is 1. The lowest BCUT2D eigenvalue weighted by atomic mass is 9.89. The summed E-state index contributed by atoms with van der Waals surface area (Å²) in [5, 5.41) is 3.45. The van der Waals surface area contributed by atoms with E-state index in [-0.39, 0.29) is 5.41 Å². The summed E-state index contributed by atoms with van der Waals surface area (Å²) >= 11 is 0. The Morgan fingerprint density at radius 3 is 2.69 bits per heavy atom. The fourth-order valence-electron chi connectivity index (χ4n) is 1.95. The van der Waals surface area contributed by atoms with Gasteiger partial charge in [-0.2, -0.15) is 0 Å². The minimum Gasteiger partial charge on any atom is -0.371 e. The average Bonchev–Trinajstić information content (AvgIpc) is 2.25. The Bertz CT molecular complexity index is 194. The van der Waals surface area contributed by atoms with Crippen LogP contribution in [-0.2, 0) is 0 Å². The minimum atomic E-state index is 0.271. The third kappa shape index (κ3) is 2.71. The molecule has 0 spiro atoms. The van der Waals surface area contributed by atoms with Crippen LogP contribution in [0.15, 0.2) is 4.99 Å². The molecule has 2 nitrogen and oxygen atoms in total. The predicted octanol–water partition coefficient (Wildman–Crippen LogP) is 2.59. The monoisotopic (exact) mass is 182 g/mol. The minimum absolute atomic E-state index is 0.271. The zero-order valence-electron chi connectivity index (χ0n) is 9.35. The van der Waals surface area contributed by atoms with Gasteiger partial charge < -0.3 is 5.32 Å². The van der Waals surface area contributed by atoms with Crippen molar-refractivity contribution in [1.29, 1.82) is 0 Å². The Labute approximate surface area is 81.8 Å². The fraction of sp³-hybridized carbons (Fsp3) is 0.909. The average molecular weight is 182 g/mol. The molecule has 0 aromatic carbocycles. The van der Waals surface area contributed by atoms with E-state index >= 15 is 0 Å². The highest BCUT2D eigenvalue weighted by molar-refractivity contribution is 5.89. The van der Waals surface area contributed by atoms with Gasteiger partial charge in [-0.3, -0.25) is 4.99 Å². The molecule has 1 aliphatic rings. The maximum Gasteiger partial charge on any atom is 0.102 e. The van der Waals surface area contributed by atoms with E-state index in [2.05, 4.69) is 38.0 Å². The van der Waals surface area contributed by atoms with E-state index in [9.17, 15) is 0 Å². The first-order chi connectivity index (χ1) is 6.06. The van der Waals surface area contributed by atoms with Crippen molar-refractivity contribution in [3.63, 3.8) is 0 Å². The second-order valence-corrected chi connectivity index (χ2v) is 4.72. The highest BCUT2D eigenvalue weighted by Crippen LogP contribution is 2.29. The van der Waals surface area contributed by atoms with Crippen molar-refractivity contribution >= 4 is 5.84 Å². The van der Waals surface area contributed by atoms with Gasteiger partial charge in [0.15, 0.2) is 0 Å². The van der Waals surface area contributed by atoms with Crippen LogP contribution in [0.5, 0.6) is 0 Å². The number of amidine groups is 1. The smallest absolute Gasteiger partial charge is 0.102 e. The van der Waals surface area contributed by atoms with Gasteiger partial charge in [0.25, 0.3) is 0 Å². The lowest BCUT2D eigenvalue weighted by molar-refractivity contribution is 0.482. The molecule has 1 atom stereocenters. The van der Waals surface area contributed by atoms with Gasteiger partial charge >= 0.3 is 0 Å². The number of aliphatic imine (C=N–C) groups is 1. The van der Waals surface area contributed by atoms with Crippen LogP contribution in [0.25, 0.3) is 0 Å². The van der Waals surface area contributed by atoms with E-state index in [1.807, 2.05) is 0 Å². The van der Waals surface area contributed by atoms with Crippen molar-refractivity contribution < 1.29 is 0 Å². The molecular weight excluding hydrogens is 160 g/mol. The molecule has 1 saturated heterocycles. The Balaban J connectivity index is 2.53. The third-order valence-corrected chi connectivity index (χ3v) is 2.62. The third-order valence-electron chi connectivity index (χ3n) is 2.62. The van der Waals surface area contributed by atoms with Crippen LogP contribution in [0.4, 0.5) is 0 Å².